The maximum absolute atomic E-state index is 11.6. The first-order valence-electron chi connectivity index (χ1n) is 6.50. The zero-order valence-electron chi connectivity index (χ0n) is 11.3. The Morgan fingerprint density at radius 2 is 2.16 bits per heavy atom. The molecule has 2 rings (SSSR count). The van der Waals surface area contributed by atoms with Gasteiger partial charge in [-0.3, -0.25) is 4.57 Å². The predicted octanol–water partition coefficient (Wildman–Crippen LogP) is 1.69. The van der Waals surface area contributed by atoms with Crippen LogP contribution in [0.4, 0.5) is 0 Å². The van der Waals surface area contributed by atoms with Gasteiger partial charge in [0.1, 0.15) is 11.5 Å². The van der Waals surface area contributed by atoms with Crippen LogP contribution in [0.25, 0.3) is 0 Å². The molecule has 19 heavy (non-hydrogen) atoms. The molecule has 0 fully saturated rings. The van der Waals surface area contributed by atoms with Gasteiger partial charge in [0, 0.05) is 12.4 Å². The Kier molecular flexibility index (Phi) is 4.52. The molecule has 0 amide bonds. The smallest absolute Gasteiger partial charge is 0.347 e. The lowest BCUT2D eigenvalue weighted by molar-refractivity contribution is 0.434. The van der Waals surface area contributed by atoms with Crippen molar-refractivity contribution >= 4 is 0 Å². The van der Waals surface area contributed by atoms with Crippen LogP contribution in [-0.4, -0.2) is 16.1 Å². The molecule has 0 aliphatic rings. The Morgan fingerprint density at radius 1 is 1.37 bits per heavy atom. The largest absolute Gasteiger partial charge is 0.463 e. The number of hydrogen-bond donors (Lipinski definition) is 1. The molecule has 0 saturated carbocycles. The number of nitrogens with one attached hydrogen (secondary N) is 1. The van der Waals surface area contributed by atoms with Crippen LogP contribution in [0.1, 0.15) is 30.4 Å². The van der Waals surface area contributed by atoms with Crippen LogP contribution >= 0.6 is 0 Å². The molecule has 0 spiro atoms. The molecule has 0 atom stereocenters. The lowest BCUT2D eigenvalue weighted by Crippen LogP contribution is -2.22. The molecular formula is C14H19N3O2. The van der Waals surface area contributed by atoms with Crippen LogP contribution in [0.15, 0.2) is 33.7 Å². The Labute approximate surface area is 112 Å². The van der Waals surface area contributed by atoms with E-state index in [4.69, 9.17) is 4.42 Å². The zero-order chi connectivity index (χ0) is 13.7. The highest BCUT2D eigenvalue weighted by molar-refractivity contribution is 5.09. The van der Waals surface area contributed by atoms with E-state index >= 15 is 0 Å². The summed E-state index contributed by atoms with van der Waals surface area (Å²) in [5.41, 5.74) is 0.698. The highest BCUT2D eigenvalue weighted by atomic mass is 16.3. The van der Waals surface area contributed by atoms with E-state index < -0.39 is 0 Å². The molecule has 0 aromatic carbocycles. The average molecular weight is 261 g/mol. The van der Waals surface area contributed by atoms with Crippen molar-refractivity contribution in [1.82, 2.24) is 14.9 Å². The fourth-order valence-corrected chi connectivity index (χ4v) is 1.84. The lowest BCUT2D eigenvalue weighted by atomic mass is 10.3. The first-order valence-corrected chi connectivity index (χ1v) is 6.50. The van der Waals surface area contributed by atoms with E-state index in [1.807, 2.05) is 19.1 Å². The molecular weight excluding hydrogens is 242 g/mol. The quantitative estimate of drug-likeness (QED) is 0.804. The van der Waals surface area contributed by atoms with Gasteiger partial charge in [-0.05, 0) is 37.6 Å². The summed E-state index contributed by atoms with van der Waals surface area (Å²) in [6.45, 7) is 6.14. The number of rotatable bonds is 6. The van der Waals surface area contributed by atoms with Gasteiger partial charge >= 0.3 is 5.69 Å². The Balaban J connectivity index is 2.03. The molecule has 0 saturated heterocycles. The van der Waals surface area contributed by atoms with Crippen LogP contribution in [0.5, 0.6) is 0 Å². The average Bonchev–Trinajstić information content (AvgIpc) is 2.82. The van der Waals surface area contributed by atoms with E-state index in [1.165, 1.54) is 0 Å². The van der Waals surface area contributed by atoms with Crippen molar-refractivity contribution in [2.45, 2.75) is 33.4 Å². The van der Waals surface area contributed by atoms with Crippen LogP contribution in [-0.2, 0) is 13.1 Å². The second-order valence-electron chi connectivity index (χ2n) is 4.59. The fraction of sp³-hybridized carbons (Fsp3) is 0.429. The van der Waals surface area contributed by atoms with Gasteiger partial charge in [0.15, 0.2) is 0 Å². The van der Waals surface area contributed by atoms with Gasteiger partial charge in [-0.15, -0.1) is 0 Å². The summed E-state index contributed by atoms with van der Waals surface area (Å²) < 4.78 is 7.23. The summed E-state index contributed by atoms with van der Waals surface area (Å²) in [4.78, 5) is 15.4. The third-order valence-corrected chi connectivity index (χ3v) is 2.75. The van der Waals surface area contributed by atoms with E-state index in [0.717, 1.165) is 36.6 Å². The van der Waals surface area contributed by atoms with Crippen molar-refractivity contribution < 1.29 is 4.42 Å². The number of aromatic nitrogens is 2. The van der Waals surface area contributed by atoms with Crippen LogP contribution < -0.4 is 11.0 Å². The van der Waals surface area contributed by atoms with Crippen molar-refractivity contribution in [3.63, 3.8) is 0 Å². The minimum atomic E-state index is -0.257. The van der Waals surface area contributed by atoms with Crippen molar-refractivity contribution in [2.75, 3.05) is 6.54 Å². The summed E-state index contributed by atoms with van der Waals surface area (Å²) in [6.07, 6.45) is 4.45. The summed E-state index contributed by atoms with van der Waals surface area (Å²) in [5.74, 6) is 1.65. The third kappa shape index (κ3) is 3.79. The Morgan fingerprint density at radius 3 is 2.95 bits per heavy atom. The van der Waals surface area contributed by atoms with Gasteiger partial charge in [0.25, 0.3) is 0 Å². The number of furan rings is 1. The number of hydrogen-bond acceptors (Lipinski definition) is 4. The molecule has 5 nitrogen and oxygen atoms in total. The first-order chi connectivity index (χ1) is 9.19. The van der Waals surface area contributed by atoms with Gasteiger partial charge in [0.05, 0.1) is 13.1 Å². The number of aryl methyl sites for hydroxylation is 1. The second-order valence-corrected chi connectivity index (χ2v) is 4.59. The minimum absolute atomic E-state index is 0.257. The van der Waals surface area contributed by atoms with Gasteiger partial charge in [-0.2, -0.15) is 0 Å². The molecule has 2 aromatic heterocycles. The molecule has 2 aromatic rings. The van der Waals surface area contributed by atoms with E-state index in [-0.39, 0.29) is 5.69 Å². The van der Waals surface area contributed by atoms with E-state index in [9.17, 15) is 4.79 Å². The van der Waals surface area contributed by atoms with Crippen LogP contribution in [0.3, 0.4) is 0 Å². The molecule has 0 unspecified atom stereocenters. The van der Waals surface area contributed by atoms with Gasteiger partial charge in [0.2, 0.25) is 0 Å². The van der Waals surface area contributed by atoms with E-state index in [2.05, 4.69) is 17.2 Å². The summed E-state index contributed by atoms with van der Waals surface area (Å²) in [7, 11) is 0. The van der Waals surface area contributed by atoms with E-state index in [1.54, 1.807) is 17.0 Å². The SMILES string of the molecule is CCCNCc1ccc(Cn2cc(C)cnc2=O)o1. The summed E-state index contributed by atoms with van der Waals surface area (Å²) in [5, 5.41) is 3.27. The predicted molar refractivity (Wildman–Crippen MR) is 73.0 cm³/mol. The molecule has 102 valence electrons. The molecule has 1 N–H and O–H groups in total. The normalized spacial score (nSPS) is 10.8. The van der Waals surface area contributed by atoms with Gasteiger partial charge in [-0.1, -0.05) is 6.92 Å². The number of nitrogens with zero attached hydrogens (tertiary/aromatic N) is 2. The summed E-state index contributed by atoms with van der Waals surface area (Å²) >= 11 is 0. The monoisotopic (exact) mass is 261 g/mol. The van der Waals surface area contributed by atoms with Crippen molar-refractivity contribution in [3.8, 4) is 0 Å². The van der Waals surface area contributed by atoms with Crippen LogP contribution in [0.2, 0.25) is 0 Å². The Bertz CT molecular complexity index is 586. The topological polar surface area (TPSA) is 60.1 Å². The van der Waals surface area contributed by atoms with Crippen molar-refractivity contribution in [1.29, 1.82) is 0 Å². The zero-order valence-corrected chi connectivity index (χ0v) is 11.3. The molecule has 2 heterocycles. The standard InChI is InChI=1S/C14H19N3O2/c1-3-6-15-8-12-4-5-13(19-12)10-17-9-11(2)7-16-14(17)18/h4-5,7,9,15H,3,6,8,10H2,1-2H3. The highest BCUT2D eigenvalue weighted by Crippen LogP contribution is 2.09. The van der Waals surface area contributed by atoms with Crippen molar-refractivity contribution in [3.05, 3.63) is 52.1 Å². The molecule has 0 aliphatic carbocycles. The lowest BCUT2D eigenvalue weighted by Gasteiger charge is -2.03. The van der Waals surface area contributed by atoms with Gasteiger partial charge in [-0.25, -0.2) is 9.78 Å². The molecule has 0 aliphatic heterocycles. The molecule has 5 heteroatoms. The molecule has 0 bridgehead atoms. The van der Waals surface area contributed by atoms with Gasteiger partial charge < -0.3 is 9.73 Å². The van der Waals surface area contributed by atoms with Crippen LogP contribution in [0, 0.1) is 6.92 Å². The van der Waals surface area contributed by atoms with Crippen molar-refractivity contribution in [2.24, 2.45) is 0 Å². The maximum atomic E-state index is 11.6. The maximum Gasteiger partial charge on any atom is 0.347 e. The third-order valence-electron chi connectivity index (χ3n) is 2.75. The Hall–Kier alpha value is -1.88. The first kappa shape index (κ1) is 13.5. The fourth-order valence-electron chi connectivity index (χ4n) is 1.84. The second kappa shape index (κ2) is 6.33. The molecule has 0 radical (unpaired) electrons. The van der Waals surface area contributed by atoms with E-state index in [0.29, 0.717) is 6.54 Å². The minimum Gasteiger partial charge on any atom is -0.463 e. The summed E-state index contributed by atoms with van der Waals surface area (Å²) in [6, 6.07) is 3.84. The highest BCUT2D eigenvalue weighted by Gasteiger charge is 2.04.